The van der Waals surface area contributed by atoms with Crippen molar-refractivity contribution in [3.8, 4) is 5.75 Å². The van der Waals surface area contributed by atoms with Gasteiger partial charge in [-0.3, -0.25) is 4.79 Å². The maximum absolute atomic E-state index is 11.5. The molecule has 3 N–H and O–H groups in total. The quantitative estimate of drug-likeness (QED) is 0.819. The van der Waals surface area contributed by atoms with Crippen LogP contribution in [0.15, 0.2) is 12.1 Å². The first-order valence-electron chi connectivity index (χ1n) is 7.48. The highest BCUT2D eigenvalue weighted by Crippen LogP contribution is 2.37. The molecule has 0 spiro atoms. The molecule has 0 aromatic heterocycles. The van der Waals surface area contributed by atoms with Crippen LogP contribution in [0, 0.1) is 11.8 Å². The third kappa shape index (κ3) is 3.80. The Labute approximate surface area is 126 Å². The molecule has 0 radical (unpaired) electrons. The van der Waals surface area contributed by atoms with Crippen LogP contribution in [0.5, 0.6) is 5.75 Å². The molecule has 21 heavy (non-hydrogen) atoms. The number of nitrogens with two attached hydrogens (primary N) is 1. The molecule has 1 aliphatic rings. The monoisotopic (exact) mass is 291 g/mol. The van der Waals surface area contributed by atoms with E-state index in [1.54, 1.807) is 6.07 Å². The van der Waals surface area contributed by atoms with E-state index >= 15 is 0 Å². The summed E-state index contributed by atoms with van der Waals surface area (Å²) in [6.45, 7) is 10.7. The standard InChI is InChI=1S/C16H25N3O2/c1-10(2)7-19(8-11(3)4)14-6-13-15(5-12(14)17)21-9-16(20)18-13/h5-6,10-11H,7-9,17H2,1-4H3,(H,18,20). The largest absolute Gasteiger partial charge is 0.482 e. The summed E-state index contributed by atoms with van der Waals surface area (Å²) >= 11 is 0. The average Bonchev–Trinajstić information content (AvgIpc) is 2.36. The average molecular weight is 291 g/mol. The number of amides is 1. The van der Waals surface area contributed by atoms with Crippen LogP contribution >= 0.6 is 0 Å². The Morgan fingerprint density at radius 1 is 1.24 bits per heavy atom. The van der Waals surface area contributed by atoms with Gasteiger partial charge in [0.15, 0.2) is 6.61 Å². The minimum Gasteiger partial charge on any atom is -0.482 e. The second kappa shape index (κ2) is 6.24. The molecule has 5 heteroatoms. The van der Waals surface area contributed by atoms with Crippen molar-refractivity contribution in [1.82, 2.24) is 0 Å². The summed E-state index contributed by atoms with van der Waals surface area (Å²) in [5.41, 5.74) is 8.55. The molecule has 1 aliphatic heterocycles. The minimum atomic E-state index is -0.127. The zero-order chi connectivity index (χ0) is 15.6. The number of nitrogens with zero attached hydrogens (tertiary/aromatic N) is 1. The summed E-state index contributed by atoms with van der Waals surface area (Å²) in [7, 11) is 0. The van der Waals surface area contributed by atoms with Crippen LogP contribution < -0.4 is 20.7 Å². The van der Waals surface area contributed by atoms with Gasteiger partial charge in [-0.15, -0.1) is 0 Å². The number of hydrogen-bond donors (Lipinski definition) is 2. The van der Waals surface area contributed by atoms with E-state index in [0.29, 0.717) is 29.0 Å². The third-order valence-electron chi connectivity index (χ3n) is 3.27. The molecule has 1 aromatic rings. The van der Waals surface area contributed by atoms with Crippen LogP contribution in [-0.4, -0.2) is 25.6 Å². The maximum Gasteiger partial charge on any atom is 0.262 e. The number of carbonyl (C=O) groups excluding carboxylic acids is 1. The predicted molar refractivity (Wildman–Crippen MR) is 86.9 cm³/mol. The lowest BCUT2D eigenvalue weighted by atomic mass is 10.1. The Kier molecular flexibility index (Phi) is 4.60. The van der Waals surface area contributed by atoms with Gasteiger partial charge >= 0.3 is 0 Å². The summed E-state index contributed by atoms with van der Waals surface area (Å²) < 4.78 is 5.40. The number of fused-ring (bicyclic) bond motifs is 1. The third-order valence-corrected chi connectivity index (χ3v) is 3.27. The zero-order valence-corrected chi connectivity index (χ0v) is 13.3. The van der Waals surface area contributed by atoms with Crippen molar-refractivity contribution >= 4 is 23.0 Å². The number of anilines is 3. The van der Waals surface area contributed by atoms with Crippen LogP contribution in [-0.2, 0) is 4.79 Å². The SMILES string of the molecule is CC(C)CN(CC(C)C)c1cc2c(cc1N)OCC(=O)N2. The lowest BCUT2D eigenvalue weighted by molar-refractivity contribution is -0.118. The normalized spacial score (nSPS) is 13.9. The number of rotatable bonds is 5. The number of nitrogens with one attached hydrogen (secondary N) is 1. The fourth-order valence-corrected chi connectivity index (χ4v) is 2.56. The zero-order valence-electron chi connectivity index (χ0n) is 13.3. The molecule has 0 unspecified atom stereocenters. The van der Waals surface area contributed by atoms with Crippen molar-refractivity contribution in [2.45, 2.75) is 27.7 Å². The van der Waals surface area contributed by atoms with E-state index in [-0.39, 0.29) is 12.5 Å². The molecule has 0 bridgehead atoms. The molecule has 0 aliphatic carbocycles. The molecule has 5 nitrogen and oxygen atoms in total. The number of carbonyl (C=O) groups is 1. The van der Waals surface area contributed by atoms with Gasteiger partial charge in [0.1, 0.15) is 5.75 Å². The van der Waals surface area contributed by atoms with E-state index < -0.39 is 0 Å². The Morgan fingerprint density at radius 3 is 2.43 bits per heavy atom. The molecule has 1 aromatic carbocycles. The molecule has 0 saturated heterocycles. The Morgan fingerprint density at radius 2 is 1.86 bits per heavy atom. The van der Waals surface area contributed by atoms with Gasteiger partial charge in [0.2, 0.25) is 0 Å². The fraction of sp³-hybridized carbons (Fsp3) is 0.562. The first-order chi connectivity index (χ1) is 9.86. The van der Waals surface area contributed by atoms with Crippen LogP contribution in [0.25, 0.3) is 0 Å². The Hall–Kier alpha value is -1.91. The highest BCUT2D eigenvalue weighted by molar-refractivity contribution is 5.97. The van der Waals surface area contributed by atoms with Crippen LogP contribution in [0.1, 0.15) is 27.7 Å². The van der Waals surface area contributed by atoms with E-state index in [4.69, 9.17) is 10.5 Å². The number of benzene rings is 1. The fourth-order valence-electron chi connectivity index (χ4n) is 2.56. The number of hydrogen-bond acceptors (Lipinski definition) is 4. The van der Waals surface area contributed by atoms with Crippen LogP contribution in [0.3, 0.4) is 0 Å². The molecule has 0 atom stereocenters. The lowest BCUT2D eigenvalue weighted by Crippen LogP contribution is -2.32. The van der Waals surface area contributed by atoms with Crippen molar-refractivity contribution in [1.29, 1.82) is 0 Å². The van der Waals surface area contributed by atoms with Gasteiger partial charge < -0.3 is 20.7 Å². The molecule has 2 rings (SSSR count). The van der Waals surface area contributed by atoms with E-state index in [0.717, 1.165) is 18.8 Å². The van der Waals surface area contributed by atoms with Gasteiger partial charge in [-0.2, -0.15) is 0 Å². The topological polar surface area (TPSA) is 67.6 Å². The number of nitrogen functional groups attached to an aromatic ring is 1. The molecule has 116 valence electrons. The molecular weight excluding hydrogens is 266 g/mol. The van der Waals surface area contributed by atoms with Gasteiger partial charge in [-0.25, -0.2) is 0 Å². The smallest absolute Gasteiger partial charge is 0.262 e. The predicted octanol–water partition coefficient (Wildman–Crippen LogP) is 2.72. The Bertz CT molecular complexity index is 516. The van der Waals surface area contributed by atoms with Crippen molar-refractivity contribution in [2.75, 3.05) is 35.6 Å². The van der Waals surface area contributed by atoms with Gasteiger partial charge in [-0.1, -0.05) is 27.7 Å². The van der Waals surface area contributed by atoms with E-state index in [1.807, 2.05) is 6.07 Å². The lowest BCUT2D eigenvalue weighted by Gasteiger charge is -2.31. The van der Waals surface area contributed by atoms with E-state index in [9.17, 15) is 4.79 Å². The van der Waals surface area contributed by atoms with Gasteiger partial charge in [-0.05, 0) is 17.9 Å². The number of ether oxygens (including phenoxy) is 1. The first-order valence-corrected chi connectivity index (χ1v) is 7.48. The van der Waals surface area contributed by atoms with Crippen molar-refractivity contribution in [3.63, 3.8) is 0 Å². The van der Waals surface area contributed by atoms with Crippen molar-refractivity contribution in [2.24, 2.45) is 11.8 Å². The van der Waals surface area contributed by atoms with Crippen LogP contribution in [0.4, 0.5) is 17.1 Å². The van der Waals surface area contributed by atoms with Gasteiger partial charge in [0, 0.05) is 19.2 Å². The molecule has 1 heterocycles. The van der Waals surface area contributed by atoms with Crippen LogP contribution in [0.2, 0.25) is 0 Å². The highest BCUT2D eigenvalue weighted by Gasteiger charge is 2.21. The van der Waals surface area contributed by atoms with Gasteiger partial charge in [0.25, 0.3) is 5.91 Å². The summed E-state index contributed by atoms with van der Waals surface area (Å²) in [6.07, 6.45) is 0. The second-order valence-corrected chi connectivity index (χ2v) is 6.44. The minimum absolute atomic E-state index is 0.0491. The molecule has 1 amide bonds. The summed E-state index contributed by atoms with van der Waals surface area (Å²) in [5, 5.41) is 2.84. The summed E-state index contributed by atoms with van der Waals surface area (Å²) in [5.74, 6) is 1.58. The first kappa shape index (κ1) is 15.5. The van der Waals surface area contributed by atoms with E-state index in [1.165, 1.54) is 0 Å². The van der Waals surface area contributed by atoms with Gasteiger partial charge in [0.05, 0.1) is 17.1 Å². The highest BCUT2D eigenvalue weighted by atomic mass is 16.5. The summed E-state index contributed by atoms with van der Waals surface area (Å²) in [6, 6.07) is 3.73. The van der Waals surface area contributed by atoms with Crippen molar-refractivity contribution < 1.29 is 9.53 Å². The summed E-state index contributed by atoms with van der Waals surface area (Å²) in [4.78, 5) is 13.7. The Balaban J connectivity index is 2.35. The second-order valence-electron chi connectivity index (χ2n) is 6.44. The maximum atomic E-state index is 11.5. The molecule has 0 saturated carbocycles. The van der Waals surface area contributed by atoms with Crippen molar-refractivity contribution in [3.05, 3.63) is 12.1 Å². The van der Waals surface area contributed by atoms with E-state index in [2.05, 4.69) is 37.9 Å². The molecular formula is C16H25N3O2. The molecule has 0 fully saturated rings.